The van der Waals surface area contributed by atoms with Gasteiger partial charge in [-0.25, -0.2) is 0 Å². The van der Waals surface area contributed by atoms with Gasteiger partial charge < -0.3 is 19.3 Å². The molecule has 0 atom stereocenters. The normalized spacial score (nSPS) is 17.0. The maximum atomic E-state index is 12.7. The van der Waals surface area contributed by atoms with Crippen LogP contribution in [0.3, 0.4) is 0 Å². The SMILES string of the molecule is CCCCC(=O)N1CCCN(C(=O)Cc2ccc3c(c2)OCCO3)CC1. The van der Waals surface area contributed by atoms with Crippen LogP contribution in [-0.2, 0) is 16.0 Å². The van der Waals surface area contributed by atoms with Gasteiger partial charge in [-0.3, -0.25) is 9.59 Å². The third-order valence-corrected chi connectivity index (χ3v) is 4.91. The van der Waals surface area contributed by atoms with Crippen LogP contribution in [-0.4, -0.2) is 61.0 Å². The third-order valence-electron chi connectivity index (χ3n) is 4.91. The Bertz CT molecular complexity index is 647. The molecule has 0 unspecified atom stereocenters. The van der Waals surface area contributed by atoms with Gasteiger partial charge in [0.15, 0.2) is 11.5 Å². The first-order chi connectivity index (χ1) is 12.7. The van der Waals surface area contributed by atoms with Gasteiger partial charge in [0, 0.05) is 32.6 Å². The van der Waals surface area contributed by atoms with Gasteiger partial charge in [0.25, 0.3) is 0 Å². The van der Waals surface area contributed by atoms with Crippen LogP contribution in [0.2, 0.25) is 0 Å². The van der Waals surface area contributed by atoms with Gasteiger partial charge in [0.05, 0.1) is 6.42 Å². The van der Waals surface area contributed by atoms with E-state index in [1.54, 1.807) is 0 Å². The minimum atomic E-state index is 0.101. The summed E-state index contributed by atoms with van der Waals surface area (Å²) < 4.78 is 11.1. The Morgan fingerprint density at radius 2 is 1.65 bits per heavy atom. The number of ether oxygens (including phenoxy) is 2. The summed E-state index contributed by atoms with van der Waals surface area (Å²) in [4.78, 5) is 28.7. The molecule has 0 bridgehead atoms. The predicted molar refractivity (Wildman–Crippen MR) is 98.4 cm³/mol. The van der Waals surface area contributed by atoms with Crippen LogP contribution in [0.1, 0.15) is 38.2 Å². The van der Waals surface area contributed by atoms with Crippen molar-refractivity contribution in [3.8, 4) is 11.5 Å². The van der Waals surface area contributed by atoms with Gasteiger partial charge in [-0.2, -0.15) is 0 Å². The molecule has 1 fully saturated rings. The number of amides is 2. The van der Waals surface area contributed by atoms with Crippen LogP contribution in [0, 0.1) is 0 Å². The van der Waals surface area contributed by atoms with Crippen molar-refractivity contribution >= 4 is 11.8 Å². The van der Waals surface area contributed by atoms with Crippen molar-refractivity contribution in [2.24, 2.45) is 0 Å². The lowest BCUT2D eigenvalue weighted by atomic mass is 10.1. The Morgan fingerprint density at radius 1 is 0.962 bits per heavy atom. The first-order valence-corrected chi connectivity index (χ1v) is 9.61. The van der Waals surface area contributed by atoms with Crippen LogP contribution in [0.15, 0.2) is 18.2 Å². The molecule has 26 heavy (non-hydrogen) atoms. The molecule has 2 aliphatic heterocycles. The third kappa shape index (κ3) is 4.68. The molecule has 1 aromatic rings. The van der Waals surface area contributed by atoms with E-state index in [0.717, 1.165) is 37.1 Å². The number of rotatable bonds is 5. The molecular formula is C20H28N2O4. The van der Waals surface area contributed by atoms with E-state index in [1.807, 2.05) is 28.0 Å². The van der Waals surface area contributed by atoms with Crippen molar-refractivity contribution in [3.05, 3.63) is 23.8 Å². The summed E-state index contributed by atoms with van der Waals surface area (Å²) in [5.74, 6) is 1.77. The highest BCUT2D eigenvalue weighted by molar-refractivity contribution is 5.79. The van der Waals surface area contributed by atoms with E-state index in [1.165, 1.54) is 0 Å². The first kappa shape index (κ1) is 18.5. The second-order valence-electron chi connectivity index (χ2n) is 6.87. The average molecular weight is 360 g/mol. The summed E-state index contributed by atoms with van der Waals surface area (Å²) in [6.45, 7) is 5.90. The van der Waals surface area contributed by atoms with E-state index < -0.39 is 0 Å². The molecule has 1 aromatic carbocycles. The smallest absolute Gasteiger partial charge is 0.227 e. The first-order valence-electron chi connectivity index (χ1n) is 9.61. The van der Waals surface area contributed by atoms with E-state index in [4.69, 9.17) is 9.47 Å². The molecule has 2 amide bonds. The topological polar surface area (TPSA) is 59.1 Å². The minimum absolute atomic E-state index is 0.101. The number of carbonyl (C=O) groups is 2. The molecule has 0 aromatic heterocycles. The van der Waals surface area contributed by atoms with E-state index in [0.29, 0.717) is 51.4 Å². The Balaban J connectivity index is 1.54. The zero-order valence-corrected chi connectivity index (χ0v) is 15.5. The van der Waals surface area contributed by atoms with Crippen molar-refractivity contribution in [2.75, 3.05) is 39.4 Å². The Morgan fingerprint density at radius 3 is 2.38 bits per heavy atom. The van der Waals surface area contributed by atoms with E-state index in [9.17, 15) is 9.59 Å². The molecule has 6 nitrogen and oxygen atoms in total. The van der Waals surface area contributed by atoms with Crippen molar-refractivity contribution < 1.29 is 19.1 Å². The molecule has 0 spiro atoms. The Labute approximate surface area is 155 Å². The van der Waals surface area contributed by atoms with Crippen molar-refractivity contribution in [1.82, 2.24) is 9.80 Å². The van der Waals surface area contributed by atoms with E-state index >= 15 is 0 Å². The summed E-state index contributed by atoms with van der Waals surface area (Å²) in [5.41, 5.74) is 0.930. The quantitative estimate of drug-likeness (QED) is 0.808. The molecule has 6 heteroatoms. The fourth-order valence-corrected chi connectivity index (χ4v) is 3.39. The van der Waals surface area contributed by atoms with Crippen molar-refractivity contribution in [3.63, 3.8) is 0 Å². The minimum Gasteiger partial charge on any atom is -0.486 e. The number of benzene rings is 1. The van der Waals surface area contributed by atoms with Crippen LogP contribution in [0.25, 0.3) is 0 Å². The molecular weight excluding hydrogens is 332 g/mol. The van der Waals surface area contributed by atoms with Gasteiger partial charge >= 0.3 is 0 Å². The molecule has 0 saturated carbocycles. The average Bonchev–Trinajstić information content (AvgIpc) is 2.92. The molecule has 3 rings (SSSR count). The van der Waals surface area contributed by atoms with E-state index in [-0.39, 0.29) is 11.8 Å². The summed E-state index contributed by atoms with van der Waals surface area (Å²) >= 11 is 0. The molecule has 0 aliphatic carbocycles. The molecule has 2 heterocycles. The number of carbonyl (C=O) groups excluding carboxylic acids is 2. The summed E-state index contributed by atoms with van der Waals surface area (Å²) in [6, 6.07) is 5.68. The highest BCUT2D eigenvalue weighted by atomic mass is 16.6. The molecule has 142 valence electrons. The zero-order valence-electron chi connectivity index (χ0n) is 15.5. The van der Waals surface area contributed by atoms with Gasteiger partial charge in [0.1, 0.15) is 13.2 Å². The highest BCUT2D eigenvalue weighted by Gasteiger charge is 2.22. The molecule has 1 saturated heterocycles. The summed E-state index contributed by atoms with van der Waals surface area (Å²) in [5, 5.41) is 0. The van der Waals surface area contributed by atoms with Gasteiger partial charge in [-0.15, -0.1) is 0 Å². The fourth-order valence-electron chi connectivity index (χ4n) is 3.39. The van der Waals surface area contributed by atoms with Crippen molar-refractivity contribution in [1.29, 1.82) is 0 Å². The largest absolute Gasteiger partial charge is 0.486 e. The Hall–Kier alpha value is -2.24. The van der Waals surface area contributed by atoms with Gasteiger partial charge in [-0.05, 0) is 30.5 Å². The number of hydrogen-bond acceptors (Lipinski definition) is 4. The molecule has 0 radical (unpaired) electrons. The van der Waals surface area contributed by atoms with Crippen molar-refractivity contribution in [2.45, 2.75) is 39.0 Å². The van der Waals surface area contributed by atoms with E-state index in [2.05, 4.69) is 6.92 Å². The lowest BCUT2D eigenvalue weighted by Crippen LogP contribution is -2.37. The number of unbranched alkanes of at least 4 members (excludes halogenated alkanes) is 1. The standard InChI is InChI=1S/C20H28N2O4/c1-2-3-5-19(23)21-8-4-9-22(11-10-21)20(24)15-16-6-7-17-18(14-16)26-13-12-25-17/h6-7,14H,2-5,8-13,15H2,1H3. The Kier molecular flexibility index (Phi) is 6.36. The maximum Gasteiger partial charge on any atom is 0.227 e. The maximum absolute atomic E-state index is 12.7. The molecule has 0 N–H and O–H groups in total. The van der Waals surface area contributed by atoms with Crippen LogP contribution >= 0.6 is 0 Å². The highest BCUT2D eigenvalue weighted by Crippen LogP contribution is 2.31. The lowest BCUT2D eigenvalue weighted by Gasteiger charge is -2.23. The monoisotopic (exact) mass is 360 g/mol. The number of fused-ring (bicyclic) bond motifs is 1. The molecule has 2 aliphatic rings. The second-order valence-corrected chi connectivity index (χ2v) is 6.87. The van der Waals surface area contributed by atoms with Gasteiger partial charge in [-0.1, -0.05) is 19.4 Å². The van der Waals surface area contributed by atoms with Gasteiger partial charge in [0.2, 0.25) is 11.8 Å². The second kappa shape index (κ2) is 8.92. The number of hydrogen-bond donors (Lipinski definition) is 0. The fraction of sp³-hybridized carbons (Fsp3) is 0.600. The zero-order chi connectivity index (χ0) is 18.4. The summed E-state index contributed by atoms with van der Waals surface area (Å²) in [7, 11) is 0. The predicted octanol–water partition coefficient (Wildman–Crippen LogP) is 2.25. The van der Waals surface area contributed by atoms with Crippen LogP contribution in [0.4, 0.5) is 0 Å². The van der Waals surface area contributed by atoms with Crippen LogP contribution in [0.5, 0.6) is 11.5 Å². The summed E-state index contributed by atoms with van der Waals surface area (Å²) in [6.07, 6.45) is 3.76. The van der Waals surface area contributed by atoms with Crippen LogP contribution < -0.4 is 9.47 Å². The lowest BCUT2D eigenvalue weighted by molar-refractivity contribution is -0.133. The number of nitrogens with zero attached hydrogens (tertiary/aromatic N) is 2.